The summed E-state index contributed by atoms with van der Waals surface area (Å²) in [6, 6.07) is 6.90. The van der Waals surface area contributed by atoms with Crippen LogP contribution in [0, 0.1) is 5.82 Å². The largest absolute Gasteiger partial charge is 0.357 e. The van der Waals surface area contributed by atoms with Crippen LogP contribution in [0.4, 0.5) is 4.39 Å². The van der Waals surface area contributed by atoms with Gasteiger partial charge >= 0.3 is 0 Å². The summed E-state index contributed by atoms with van der Waals surface area (Å²) in [5.41, 5.74) is 1.18. The van der Waals surface area contributed by atoms with Crippen LogP contribution >= 0.6 is 0 Å². The molecule has 148 valence electrons. The van der Waals surface area contributed by atoms with Gasteiger partial charge in [-0.05, 0) is 50.3 Å². The summed E-state index contributed by atoms with van der Waals surface area (Å²) in [5, 5.41) is 6.68. The number of likely N-dealkylation sites (tertiary alicyclic amines) is 1. The molecule has 1 aliphatic heterocycles. The number of nitrogens with one attached hydrogen (secondary N) is 2. The highest BCUT2D eigenvalue weighted by Gasteiger charge is 2.35. The van der Waals surface area contributed by atoms with Crippen molar-refractivity contribution in [3.8, 4) is 0 Å². The Kier molecular flexibility index (Phi) is 6.69. The zero-order chi connectivity index (χ0) is 19.1. The van der Waals surface area contributed by atoms with Crippen molar-refractivity contribution in [2.45, 2.75) is 50.9 Å². The second kappa shape index (κ2) is 9.20. The van der Waals surface area contributed by atoms with Gasteiger partial charge in [-0.2, -0.15) is 0 Å². The van der Waals surface area contributed by atoms with Gasteiger partial charge in [0.2, 0.25) is 5.91 Å². The topological polar surface area (TPSA) is 56.7 Å². The van der Waals surface area contributed by atoms with E-state index in [4.69, 9.17) is 0 Å². The van der Waals surface area contributed by atoms with Gasteiger partial charge in [-0.15, -0.1) is 0 Å². The first-order chi connectivity index (χ1) is 13.1. The van der Waals surface area contributed by atoms with Crippen LogP contribution in [-0.2, 0) is 10.2 Å². The summed E-state index contributed by atoms with van der Waals surface area (Å²) in [4.78, 5) is 18.7. The highest BCUT2D eigenvalue weighted by Crippen LogP contribution is 2.40. The van der Waals surface area contributed by atoms with Crippen molar-refractivity contribution >= 4 is 11.9 Å². The third-order valence-electron chi connectivity index (χ3n) is 5.79. The van der Waals surface area contributed by atoms with E-state index < -0.39 is 0 Å². The summed E-state index contributed by atoms with van der Waals surface area (Å²) < 4.78 is 13.3. The molecule has 0 bridgehead atoms. The number of hydrogen-bond donors (Lipinski definition) is 2. The Morgan fingerprint density at radius 1 is 1.11 bits per heavy atom. The smallest absolute Gasteiger partial charge is 0.244 e. The van der Waals surface area contributed by atoms with Gasteiger partial charge < -0.3 is 15.5 Å². The fourth-order valence-corrected chi connectivity index (χ4v) is 4.23. The van der Waals surface area contributed by atoms with E-state index >= 15 is 0 Å². The minimum Gasteiger partial charge on any atom is -0.357 e. The molecule has 0 aromatic heterocycles. The molecule has 3 rings (SSSR count). The lowest BCUT2D eigenvalue weighted by atomic mass is 9.79. The van der Waals surface area contributed by atoms with Gasteiger partial charge in [-0.1, -0.05) is 25.0 Å². The summed E-state index contributed by atoms with van der Waals surface area (Å²) in [7, 11) is 0. The van der Waals surface area contributed by atoms with Crippen LogP contribution in [0.2, 0.25) is 0 Å². The lowest BCUT2D eigenvalue weighted by Crippen LogP contribution is -2.45. The highest BCUT2D eigenvalue weighted by atomic mass is 19.1. The monoisotopic (exact) mass is 374 g/mol. The lowest BCUT2D eigenvalue weighted by molar-refractivity contribution is -0.128. The number of halogens is 1. The number of benzene rings is 1. The number of nitrogens with zero attached hydrogens (tertiary/aromatic N) is 2. The average Bonchev–Trinajstić information content (AvgIpc) is 3.37. The normalized spacial score (nSPS) is 19.3. The highest BCUT2D eigenvalue weighted by molar-refractivity contribution is 5.85. The predicted octanol–water partition coefficient (Wildman–Crippen LogP) is 2.82. The Morgan fingerprint density at radius 3 is 2.41 bits per heavy atom. The quantitative estimate of drug-likeness (QED) is 0.595. The van der Waals surface area contributed by atoms with Gasteiger partial charge in [-0.3, -0.25) is 4.79 Å². The van der Waals surface area contributed by atoms with Gasteiger partial charge in [0.05, 0.1) is 0 Å². The first kappa shape index (κ1) is 19.6. The summed E-state index contributed by atoms with van der Waals surface area (Å²) >= 11 is 0. The molecule has 1 aromatic carbocycles. The second-order valence-electron chi connectivity index (χ2n) is 7.63. The average molecular weight is 375 g/mol. The minimum absolute atomic E-state index is 0.00283. The number of amides is 1. The Morgan fingerprint density at radius 2 is 1.78 bits per heavy atom. The number of carbonyl (C=O) groups excluding carboxylic acids is 1. The Labute approximate surface area is 161 Å². The molecule has 1 saturated carbocycles. The van der Waals surface area contributed by atoms with Crippen molar-refractivity contribution in [3.05, 3.63) is 35.6 Å². The molecule has 1 heterocycles. The Bertz CT molecular complexity index is 647. The molecule has 2 fully saturated rings. The summed E-state index contributed by atoms with van der Waals surface area (Å²) in [5.74, 6) is 0.576. The number of rotatable bonds is 6. The molecule has 1 aliphatic carbocycles. The molecular formula is C21H31FN4O. The van der Waals surface area contributed by atoms with Crippen molar-refractivity contribution in [2.75, 3.05) is 32.7 Å². The molecule has 0 unspecified atom stereocenters. The lowest BCUT2D eigenvalue weighted by Gasteiger charge is -2.31. The SMILES string of the molecule is CCNC(=NCC(=O)N1CCCC1)NCC1(c2ccc(F)cc2)CCCC1. The molecule has 0 atom stereocenters. The first-order valence-corrected chi connectivity index (χ1v) is 10.2. The molecule has 0 spiro atoms. The van der Waals surface area contributed by atoms with E-state index in [-0.39, 0.29) is 23.7 Å². The van der Waals surface area contributed by atoms with E-state index in [1.807, 2.05) is 24.0 Å². The van der Waals surface area contributed by atoms with Crippen LogP contribution < -0.4 is 10.6 Å². The molecule has 1 aromatic rings. The fourth-order valence-electron chi connectivity index (χ4n) is 4.23. The molecule has 6 heteroatoms. The van der Waals surface area contributed by atoms with Crippen molar-refractivity contribution < 1.29 is 9.18 Å². The van der Waals surface area contributed by atoms with Crippen LogP contribution in [0.15, 0.2) is 29.3 Å². The number of hydrogen-bond acceptors (Lipinski definition) is 2. The van der Waals surface area contributed by atoms with Gasteiger partial charge in [0.25, 0.3) is 0 Å². The second-order valence-corrected chi connectivity index (χ2v) is 7.63. The van der Waals surface area contributed by atoms with Gasteiger partial charge in [0.15, 0.2) is 5.96 Å². The maximum absolute atomic E-state index is 13.3. The van der Waals surface area contributed by atoms with Crippen LogP contribution in [-0.4, -0.2) is 49.5 Å². The van der Waals surface area contributed by atoms with E-state index in [1.165, 1.54) is 18.4 Å². The van der Waals surface area contributed by atoms with Crippen molar-refractivity contribution in [2.24, 2.45) is 4.99 Å². The third kappa shape index (κ3) is 4.99. The van der Waals surface area contributed by atoms with E-state index in [1.54, 1.807) is 12.1 Å². The molecule has 0 radical (unpaired) electrons. The number of carbonyl (C=O) groups is 1. The minimum atomic E-state index is -0.199. The van der Waals surface area contributed by atoms with Gasteiger partial charge in [0.1, 0.15) is 12.4 Å². The fraction of sp³-hybridized carbons (Fsp3) is 0.619. The maximum atomic E-state index is 13.3. The van der Waals surface area contributed by atoms with E-state index in [2.05, 4.69) is 15.6 Å². The summed E-state index contributed by atoms with van der Waals surface area (Å²) in [6.45, 7) is 5.39. The Hall–Kier alpha value is -2.11. The molecule has 2 aliphatic rings. The molecule has 1 amide bonds. The molecule has 27 heavy (non-hydrogen) atoms. The van der Waals surface area contributed by atoms with Crippen LogP contribution in [0.3, 0.4) is 0 Å². The van der Waals surface area contributed by atoms with Crippen molar-refractivity contribution in [1.29, 1.82) is 0 Å². The third-order valence-corrected chi connectivity index (χ3v) is 5.79. The molecule has 5 nitrogen and oxygen atoms in total. The van der Waals surface area contributed by atoms with E-state index in [0.717, 1.165) is 51.9 Å². The zero-order valence-electron chi connectivity index (χ0n) is 16.3. The molecule has 1 saturated heterocycles. The van der Waals surface area contributed by atoms with Crippen LogP contribution in [0.5, 0.6) is 0 Å². The van der Waals surface area contributed by atoms with Crippen molar-refractivity contribution in [3.63, 3.8) is 0 Å². The van der Waals surface area contributed by atoms with Crippen LogP contribution in [0.1, 0.15) is 51.0 Å². The Balaban J connectivity index is 1.65. The number of aliphatic imine (C=N–C) groups is 1. The van der Waals surface area contributed by atoms with E-state index in [9.17, 15) is 9.18 Å². The van der Waals surface area contributed by atoms with Crippen molar-refractivity contribution in [1.82, 2.24) is 15.5 Å². The van der Waals surface area contributed by atoms with Gasteiger partial charge in [0, 0.05) is 31.6 Å². The summed E-state index contributed by atoms with van der Waals surface area (Å²) in [6.07, 6.45) is 6.71. The first-order valence-electron chi connectivity index (χ1n) is 10.2. The van der Waals surface area contributed by atoms with Crippen LogP contribution in [0.25, 0.3) is 0 Å². The molecular weight excluding hydrogens is 343 g/mol. The molecule has 2 N–H and O–H groups in total. The van der Waals surface area contributed by atoms with Gasteiger partial charge in [-0.25, -0.2) is 9.38 Å². The zero-order valence-corrected chi connectivity index (χ0v) is 16.3. The predicted molar refractivity (Wildman–Crippen MR) is 106 cm³/mol. The standard InChI is InChI=1S/C21H31FN4O/c1-2-23-20(24-15-19(27)26-13-5-6-14-26)25-16-21(11-3-4-12-21)17-7-9-18(22)10-8-17/h7-10H,2-6,11-16H2,1H3,(H2,23,24,25). The number of guanidine groups is 1. The maximum Gasteiger partial charge on any atom is 0.244 e. The van der Waals surface area contributed by atoms with E-state index in [0.29, 0.717) is 5.96 Å².